The summed E-state index contributed by atoms with van der Waals surface area (Å²) >= 11 is 5.40. The largest absolute Gasteiger partial charge is 0.192 e. The number of aryl methyl sites for hydroxylation is 1. The van der Waals surface area contributed by atoms with Gasteiger partial charge in [-0.05, 0) is 32.1 Å². The Morgan fingerprint density at radius 2 is 1.76 bits per heavy atom. The van der Waals surface area contributed by atoms with Crippen LogP contribution < -0.4 is 0 Å². The van der Waals surface area contributed by atoms with Crippen LogP contribution in [0.5, 0.6) is 0 Å². The quantitative estimate of drug-likeness (QED) is 0.691. The number of hydrogen-bond acceptors (Lipinski definition) is 1. The molecule has 0 aliphatic heterocycles. The molecule has 0 radical (unpaired) electrons. The number of nitriles is 1. The van der Waals surface area contributed by atoms with Gasteiger partial charge in [0.1, 0.15) is 0 Å². The second-order valence-electron chi connectivity index (χ2n) is 3.60. The van der Waals surface area contributed by atoms with Gasteiger partial charge in [0.05, 0.1) is 11.6 Å². The van der Waals surface area contributed by atoms with Crippen LogP contribution in [0.15, 0.2) is 60.2 Å². The number of benzene rings is 1. The lowest BCUT2D eigenvalue weighted by Crippen LogP contribution is -1.72. The Morgan fingerprint density at radius 1 is 1.24 bits per heavy atom. The molecule has 0 unspecified atom stereocenters. The molecule has 1 aromatic rings. The van der Waals surface area contributed by atoms with Gasteiger partial charge in [0.2, 0.25) is 0 Å². The summed E-state index contributed by atoms with van der Waals surface area (Å²) in [4.78, 5) is 0. The first-order valence-electron chi connectivity index (χ1n) is 5.10. The molecule has 1 rings (SSSR count). The van der Waals surface area contributed by atoms with Crippen molar-refractivity contribution in [3.63, 3.8) is 0 Å². The molecule has 0 spiro atoms. The van der Waals surface area contributed by atoms with E-state index in [-0.39, 0.29) is 0 Å². The molecule has 0 bridgehead atoms. The SMILES string of the molecule is C=C(C)/C=C\C(=C)Cl.Cc1ccc(C#N)cc1. The van der Waals surface area contributed by atoms with Crippen molar-refractivity contribution in [1.82, 2.24) is 0 Å². The zero-order valence-corrected chi connectivity index (χ0v) is 11.0. The van der Waals surface area contributed by atoms with Crippen LogP contribution in [-0.2, 0) is 0 Å². The van der Waals surface area contributed by atoms with Crippen LogP contribution in [0.1, 0.15) is 18.1 Å². The van der Waals surface area contributed by atoms with E-state index < -0.39 is 0 Å². The van der Waals surface area contributed by atoms with Gasteiger partial charge >= 0.3 is 0 Å². The first kappa shape index (κ1) is 15.2. The standard InChI is InChI=1S/C8H7N.C7H9Cl/c1-7-2-4-8(6-9)5-3-7;1-6(2)4-5-7(3)8/h2-5H,1H3;4-5H,1,3H2,2H3/b;5-4-. The molecule has 1 aromatic carbocycles. The molecule has 0 fully saturated rings. The third kappa shape index (κ3) is 9.17. The van der Waals surface area contributed by atoms with Gasteiger partial charge in [-0.1, -0.05) is 54.1 Å². The van der Waals surface area contributed by atoms with Crippen LogP contribution in [0.4, 0.5) is 0 Å². The average Bonchev–Trinajstić information content (AvgIpc) is 2.28. The smallest absolute Gasteiger partial charge is 0.0991 e. The lowest BCUT2D eigenvalue weighted by molar-refractivity contribution is 1.43. The predicted molar refractivity (Wildman–Crippen MR) is 74.8 cm³/mol. The van der Waals surface area contributed by atoms with E-state index in [2.05, 4.69) is 19.2 Å². The Kier molecular flexibility index (Phi) is 7.50. The maximum Gasteiger partial charge on any atom is 0.0991 e. The highest BCUT2D eigenvalue weighted by molar-refractivity contribution is 6.30. The summed E-state index contributed by atoms with van der Waals surface area (Å²) in [6.45, 7) is 11.0. The summed E-state index contributed by atoms with van der Waals surface area (Å²) in [5.41, 5.74) is 2.89. The minimum Gasteiger partial charge on any atom is -0.192 e. The molecule has 0 atom stereocenters. The maximum absolute atomic E-state index is 8.38. The van der Waals surface area contributed by atoms with E-state index in [9.17, 15) is 0 Å². The highest BCUT2D eigenvalue weighted by Gasteiger charge is 1.85. The van der Waals surface area contributed by atoms with E-state index in [1.165, 1.54) is 5.56 Å². The molecule has 0 aliphatic rings. The molecule has 88 valence electrons. The molecular formula is C15H16ClN. The first-order chi connectivity index (χ1) is 7.95. The molecule has 17 heavy (non-hydrogen) atoms. The lowest BCUT2D eigenvalue weighted by atomic mass is 10.2. The monoisotopic (exact) mass is 245 g/mol. The molecule has 0 aromatic heterocycles. The van der Waals surface area contributed by atoms with E-state index in [0.717, 1.165) is 11.1 Å². The van der Waals surface area contributed by atoms with E-state index in [1.807, 2.05) is 44.2 Å². The van der Waals surface area contributed by atoms with Crippen molar-refractivity contribution >= 4 is 11.6 Å². The Labute approximate surface area is 108 Å². The molecule has 0 saturated heterocycles. The normalized spacial score (nSPS) is 9.06. The summed E-state index contributed by atoms with van der Waals surface area (Å²) in [5, 5.41) is 8.91. The number of hydrogen-bond donors (Lipinski definition) is 0. The van der Waals surface area contributed by atoms with Gasteiger partial charge in [-0.25, -0.2) is 0 Å². The maximum atomic E-state index is 8.38. The number of rotatable bonds is 2. The van der Waals surface area contributed by atoms with Crippen molar-refractivity contribution in [2.45, 2.75) is 13.8 Å². The van der Waals surface area contributed by atoms with Gasteiger partial charge in [-0.2, -0.15) is 5.26 Å². The van der Waals surface area contributed by atoms with Crippen LogP contribution in [0.3, 0.4) is 0 Å². The van der Waals surface area contributed by atoms with Crippen molar-refractivity contribution in [3.8, 4) is 6.07 Å². The Hall–Kier alpha value is -1.78. The molecule has 0 saturated carbocycles. The summed E-state index contributed by atoms with van der Waals surface area (Å²) in [5.74, 6) is 0. The van der Waals surface area contributed by atoms with E-state index in [1.54, 1.807) is 6.08 Å². The highest BCUT2D eigenvalue weighted by Crippen LogP contribution is 2.00. The summed E-state index contributed by atoms with van der Waals surface area (Å²) < 4.78 is 0. The molecule has 0 N–H and O–H groups in total. The van der Waals surface area contributed by atoms with Crippen LogP contribution in [-0.4, -0.2) is 0 Å². The number of halogens is 1. The minimum absolute atomic E-state index is 0.535. The van der Waals surface area contributed by atoms with Gasteiger partial charge < -0.3 is 0 Å². The third-order valence-corrected chi connectivity index (χ3v) is 1.86. The van der Waals surface area contributed by atoms with Crippen LogP contribution in [0.2, 0.25) is 0 Å². The molecular weight excluding hydrogens is 230 g/mol. The first-order valence-corrected chi connectivity index (χ1v) is 5.48. The predicted octanol–water partition coefficient (Wildman–Crippen LogP) is 4.74. The van der Waals surface area contributed by atoms with Crippen molar-refractivity contribution in [2.75, 3.05) is 0 Å². The Bertz CT molecular complexity index is 431. The van der Waals surface area contributed by atoms with Gasteiger partial charge in [0.15, 0.2) is 0 Å². The van der Waals surface area contributed by atoms with Crippen molar-refractivity contribution in [2.24, 2.45) is 0 Å². The minimum atomic E-state index is 0.535. The second kappa shape index (κ2) is 8.38. The number of allylic oxidation sites excluding steroid dienone is 4. The Morgan fingerprint density at radius 3 is 2.06 bits per heavy atom. The number of nitrogens with zero attached hydrogens (tertiary/aromatic N) is 1. The highest BCUT2D eigenvalue weighted by atomic mass is 35.5. The van der Waals surface area contributed by atoms with Gasteiger partial charge in [0, 0.05) is 5.03 Å². The van der Waals surface area contributed by atoms with Crippen LogP contribution in [0, 0.1) is 18.3 Å². The van der Waals surface area contributed by atoms with Crippen LogP contribution >= 0.6 is 11.6 Å². The molecule has 2 heteroatoms. The molecule has 1 nitrogen and oxygen atoms in total. The van der Waals surface area contributed by atoms with Crippen molar-refractivity contribution in [3.05, 3.63) is 71.3 Å². The summed E-state index contributed by atoms with van der Waals surface area (Å²) in [6, 6.07) is 9.54. The third-order valence-electron chi connectivity index (χ3n) is 1.73. The van der Waals surface area contributed by atoms with Gasteiger partial charge in [0.25, 0.3) is 0 Å². The topological polar surface area (TPSA) is 23.8 Å². The lowest BCUT2D eigenvalue weighted by Gasteiger charge is -1.88. The van der Waals surface area contributed by atoms with Crippen molar-refractivity contribution in [1.29, 1.82) is 5.26 Å². The van der Waals surface area contributed by atoms with E-state index >= 15 is 0 Å². The fourth-order valence-electron chi connectivity index (χ4n) is 0.861. The fraction of sp³-hybridized carbons (Fsp3) is 0.133. The van der Waals surface area contributed by atoms with Gasteiger partial charge in [-0.3, -0.25) is 0 Å². The fourth-order valence-corrected chi connectivity index (χ4v) is 0.924. The van der Waals surface area contributed by atoms with Gasteiger partial charge in [-0.15, -0.1) is 0 Å². The molecule has 0 amide bonds. The summed E-state index contributed by atoms with van der Waals surface area (Å²) in [6.07, 6.45) is 3.53. The average molecular weight is 246 g/mol. The van der Waals surface area contributed by atoms with E-state index in [0.29, 0.717) is 5.03 Å². The summed E-state index contributed by atoms with van der Waals surface area (Å²) in [7, 11) is 0. The molecule has 0 heterocycles. The Balaban J connectivity index is 0.000000304. The second-order valence-corrected chi connectivity index (χ2v) is 4.09. The van der Waals surface area contributed by atoms with E-state index in [4.69, 9.17) is 16.9 Å². The molecule has 0 aliphatic carbocycles. The van der Waals surface area contributed by atoms with Crippen LogP contribution in [0.25, 0.3) is 0 Å². The van der Waals surface area contributed by atoms with Crippen molar-refractivity contribution < 1.29 is 0 Å². The zero-order chi connectivity index (χ0) is 13.3. The zero-order valence-electron chi connectivity index (χ0n) is 10.2.